The van der Waals surface area contributed by atoms with E-state index in [2.05, 4.69) is 16.0 Å². The Kier molecular flexibility index (Phi) is 11.2. The third-order valence-electron chi connectivity index (χ3n) is 8.96. The summed E-state index contributed by atoms with van der Waals surface area (Å²) in [5.41, 5.74) is 5.71. The molecule has 13 heteroatoms. The highest BCUT2D eigenvalue weighted by Gasteiger charge is 2.24. The lowest BCUT2D eigenvalue weighted by Crippen LogP contribution is -2.37. The first-order chi connectivity index (χ1) is 24.3. The minimum atomic E-state index is -0.0731. The van der Waals surface area contributed by atoms with Crippen LogP contribution in [0.3, 0.4) is 0 Å². The van der Waals surface area contributed by atoms with E-state index in [0.717, 1.165) is 40.6 Å². The molecule has 3 N–H and O–H groups in total. The molecular weight excluding hydrogens is 679 g/mol. The number of hydrogen-bond acceptors (Lipinski definition) is 8. The van der Waals surface area contributed by atoms with Gasteiger partial charge in [-0.05, 0) is 31.0 Å². The second kappa shape index (κ2) is 15.9. The van der Waals surface area contributed by atoms with E-state index in [1.165, 1.54) is 7.11 Å². The first-order valence-corrected chi connectivity index (χ1v) is 17.2. The molecule has 2 aliphatic rings. The second-order valence-corrected chi connectivity index (χ2v) is 13.1. The van der Waals surface area contributed by atoms with Crippen LogP contribution in [0.5, 0.6) is 11.8 Å². The highest BCUT2D eigenvalue weighted by molar-refractivity contribution is 6.39. The predicted molar refractivity (Wildman–Crippen MR) is 192 cm³/mol. The zero-order valence-corrected chi connectivity index (χ0v) is 29.3. The lowest BCUT2D eigenvalue weighted by molar-refractivity contribution is -0.121. The number of hydrogen-bond donors (Lipinski definition) is 3. The summed E-state index contributed by atoms with van der Waals surface area (Å²) in [6.45, 7) is 1.88. The van der Waals surface area contributed by atoms with Gasteiger partial charge >= 0.3 is 0 Å². The lowest BCUT2D eigenvalue weighted by Gasteiger charge is -2.22. The van der Waals surface area contributed by atoms with Gasteiger partial charge in [0.2, 0.25) is 30.0 Å². The number of benzene rings is 2. The molecule has 0 saturated carbocycles. The third-order valence-corrected chi connectivity index (χ3v) is 9.77. The Morgan fingerprint density at radius 1 is 0.780 bits per heavy atom. The predicted octanol–water partition coefficient (Wildman–Crippen LogP) is 5.41. The van der Waals surface area contributed by atoms with Crippen LogP contribution in [0, 0.1) is 0 Å². The van der Waals surface area contributed by atoms with E-state index in [1.807, 2.05) is 60.7 Å². The molecule has 2 saturated heterocycles. The van der Waals surface area contributed by atoms with E-state index < -0.39 is 0 Å². The number of nitrogens with zero attached hydrogens (tertiary/aromatic N) is 3. The van der Waals surface area contributed by atoms with Crippen LogP contribution in [0.2, 0.25) is 10.0 Å². The molecule has 0 bridgehead atoms. The number of carbonyl (C=O) groups is 3. The molecule has 2 aromatic heterocycles. The summed E-state index contributed by atoms with van der Waals surface area (Å²) in [5, 5.41) is 10.2. The van der Waals surface area contributed by atoms with E-state index in [9.17, 15) is 14.4 Å². The van der Waals surface area contributed by atoms with Crippen LogP contribution in [-0.4, -0.2) is 72.5 Å². The van der Waals surface area contributed by atoms with Crippen molar-refractivity contribution in [2.45, 2.75) is 50.9 Å². The molecule has 0 spiro atoms. The zero-order chi connectivity index (χ0) is 35.2. The molecule has 6 rings (SSSR count). The number of rotatable bonds is 14. The first kappa shape index (κ1) is 35.1. The van der Waals surface area contributed by atoms with Gasteiger partial charge < -0.3 is 30.3 Å². The number of pyridine rings is 2. The maximum absolute atomic E-state index is 11.9. The van der Waals surface area contributed by atoms with Crippen molar-refractivity contribution in [3.8, 4) is 45.4 Å². The normalized spacial score (nSPS) is 17.0. The molecule has 260 valence electrons. The van der Waals surface area contributed by atoms with Gasteiger partial charge in [0.25, 0.3) is 0 Å². The maximum Gasteiger partial charge on any atom is 0.220 e. The summed E-state index contributed by atoms with van der Waals surface area (Å²) in [5.74, 6) is 0.944. The zero-order valence-electron chi connectivity index (χ0n) is 27.8. The van der Waals surface area contributed by atoms with Crippen molar-refractivity contribution in [2.24, 2.45) is 0 Å². The number of amides is 3. The number of halogens is 2. The summed E-state index contributed by atoms with van der Waals surface area (Å²) in [7, 11) is 3.12. The molecule has 0 unspecified atom stereocenters. The highest BCUT2D eigenvalue weighted by Crippen LogP contribution is 2.42. The monoisotopic (exact) mass is 716 g/mol. The van der Waals surface area contributed by atoms with Gasteiger partial charge in [0.15, 0.2) is 0 Å². The summed E-state index contributed by atoms with van der Waals surface area (Å²) in [6, 6.07) is 19.0. The van der Waals surface area contributed by atoms with Crippen molar-refractivity contribution in [3.63, 3.8) is 0 Å². The average molecular weight is 718 g/mol. The number of nitrogens with one attached hydrogen (secondary N) is 3. The third kappa shape index (κ3) is 7.85. The van der Waals surface area contributed by atoms with Gasteiger partial charge in [-0.15, -0.1) is 0 Å². The summed E-state index contributed by atoms with van der Waals surface area (Å²) < 4.78 is 11.3. The number of aromatic nitrogens is 2. The number of ether oxygens (including phenoxy) is 2. The van der Waals surface area contributed by atoms with Gasteiger partial charge in [0.1, 0.15) is 0 Å². The molecule has 0 aliphatic carbocycles. The lowest BCUT2D eigenvalue weighted by atomic mass is 9.98. The van der Waals surface area contributed by atoms with Crippen molar-refractivity contribution in [2.75, 3.05) is 27.3 Å². The minimum Gasteiger partial charge on any atom is -0.481 e. The van der Waals surface area contributed by atoms with Crippen LogP contribution in [0.1, 0.15) is 36.8 Å². The molecule has 0 radical (unpaired) electrons. The van der Waals surface area contributed by atoms with Crippen molar-refractivity contribution in [1.29, 1.82) is 0 Å². The fourth-order valence-electron chi connectivity index (χ4n) is 6.40. The first-order valence-electron chi connectivity index (χ1n) is 16.4. The van der Waals surface area contributed by atoms with Crippen LogP contribution >= 0.6 is 23.2 Å². The van der Waals surface area contributed by atoms with Crippen LogP contribution in [0.15, 0.2) is 60.7 Å². The highest BCUT2D eigenvalue weighted by atomic mass is 35.5. The van der Waals surface area contributed by atoms with E-state index in [4.69, 9.17) is 42.6 Å². The van der Waals surface area contributed by atoms with Crippen LogP contribution in [0.4, 0.5) is 0 Å². The van der Waals surface area contributed by atoms with Crippen molar-refractivity contribution in [1.82, 2.24) is 30.8 Å². The molecule has 4 aromatic rings. The van der Waals surface area contributed by atoms with E-state index in [-0.39, 0.29) is 30.4 Å². The molecular formula is C37H38Cl2N6O5. The van der Waals surface area contributed by atoms with Gasteiger partial charge in [0.05, 0.1) is 42.2 Å². The van der Waals surface area contributed by atoms with Gasteiger partial charge in [-0.2, -0.15) is 0 Å². The second-order valence-electron chi connectivity index (χ2n) is 12.3. The Bertz CT molecular complexity index is 1910. The fraction of sp³-hybridized carbons (Fsp3) is 0.324. The Morgan fingerprint density at radius 3 is 1.82 bits per heavy atom. The van der Waals surface area contributed by atoms with Gasteiger partial charge in [0, 0.05) is 77.9 Å². The Labute approximate surface area is 300 Å². The standard InChI is InChI=1S/C37H38Cl2N6O5/c1-49-36-22(17-40-18-24-11-15-32(47)41-24)9-13-30(43-36)28-7-3-5-26(34(28)38)27-6-4-8-29(35(27)39)31-14-10-23(37(44-31)50-2)19-45(21-46)20-25-12-16-33(48)42-25/h3-10,13-14,21,24-25,40H,11-12,15-20H2,1-2H3,(H,41,47)(H,42,48)/t24-,25-/m1/s1. The molecule has 2 fully saturated rings. The van der Waals surface area contributed by atoms with E-state index in [1.54, 1.807) is 12.0 Å². The SMILES string of the molecule is COc1nc(-c2cccc(-c3cccc(-c4ccc(CN(C=O)C[C@H]5CCC(=O)N5)c(OC)n4)c3Cl)c2Cl)ccc1CNC[C@H]1CCC(=O)N1. The van der Waals surface area contributed by atoms with E-state index >= 15 is 0 Å². The minimum absolute atomic E-state index is 0.000150. The van der Waals surface area contributed by atoms with Gasteiger partial charge in [-0.25, -0.2) is 9.97 Å². The molecule has 50 heavy (non-hydrogen) atoms. The smallest absolute Gasteiger partial charge is 0.220 e. The van der Waals surface area contributed by atoms with Crippen molar-refractivity contribution < 1.29 is 23.9 Å². The summed E-state index contributed by atoms with van der Waals surface area (Å²) in [4.78, 5) is 46.1. The van der Waals surface area contributed by atoms with Crippen molar-refractivity contribution >= 4 is 41.4 Å². The van der Waals surface area contributed by atoms with Crippen LogP contribution < -0.4 is 25.4 Å². The molecule has 11 nitrogen and oxygen atoms in total. The molecule has 3 amide bonds. The Hall–Kier alpha value is -4.71. The summed E-state index contributed by atoms with van der Waals surface area (Å²) in [6.07, 6.45) is 3.32. The Morgan fingerprint density at radius 2 is 1.30 bits per heavy atom. The van der Waals surface area contributed by atoms with Crippen molar-refractivity contribution in [3.05, 3.63) is 81.8 Å². The molecule has 2 aromatic carbocycles. The maximum atomic E-state index is 11.9. The topological polar surface area (TPSA) is 135 Å². The Balaban J connectivity index is 1.22. The fourth-order valence-corrected chi connectivity index (χ4v) is 7.04. The van der Waals surface area contributed by atoms with E-state index in [0.29, 0.717) is 77.7 Å². The largest absolute Gasteiger partial charge is 0.481 e. The van der Waals surface area contributed by atoms with Gasteiger partial charge in [-0.1, -0.05) is 65.7 Å². The number of methoxy groups -OCH3 is 2. The molecule has 4 heterocycles. The van der Waals surface area contributed by atoms with Gasteiger partial charge in [-0.3, -0.25) is 14.4 Å². The van der Waals surface area contributed by atoms with Crippen LogP contribution in [-0.2, 0) is 27.5 Å². The quantitative estimate of drug-likeness (QED) is 0.148. The number of carbonyl (C=O) groups excluding carboxylic acids is 3. The average Bonchev–Trinajstić information content (AvgIpc) is 3.75. The molecule has 2 aliphatic heterocycles. The summed E-state index contributed by atoms with van der Waals surface area (Å²) >= 11 is 14.1. The van der Waals surface area contributed by atoms with Crippen LogP contribution in [0.25, 0.3) is 33.6 Å². The molecule has 2 atom stereocenters.